The normalized spacial score (nSPS) is 21.5. The molecule has 1 aromatic heterocycles. The molecule has 1 aliphatic carbocycles. The zero-order valence-electron chi connectivity index (χ0n) is 12.2. The topological polar surface area (TPSA) is 20.3 Å². The van der Waals surface area contributed by atoms with Gasteiger partial charge in [-0.15, -0.1) is 11.3 Å². The summed E-state index contributed by atoms with van der Waals surface area (Å²) in [4.78, 5) is 15.9. The first-order valence-corrected chi connectivity index (χ1v) is 9.02. The molecule has 0 spiro atoms. The van der Waals surface area contributed by atoms with Gasteiger partial charge in [0.05, 0.1) is 0 Å². The van der Waals surface area contributed by atoms with Crippen molar-refractivity contribution in [1.82, 2.24) is 4.90 Å². The van der Waals surface area contributed by atoms with Gasteiger partial charge in [-0.05, 0) is 42.5 Å². The van der Waals surface area contributed by atoms with E-state index >= 15 is 0 Å². The molecule has 110 valence electrons. The van der Waals surface area contributed by atoms with Crippen molar-refractivity contribution in [3.05, 3.63) is 22.4 Å². The van der Waals surface area contributed by atoms with E-state index < -0.39 is 0 Å². The lowest BCUT2D eigenvalue weighted by molar-refractivity contribution is -0.132. The fraction of sp³-hybridized carbons (Fsp3) is 0.706. The van der Waals surface area contributed by atoms with Crippen LogP contribution in [0.3, 0.4) is 0 Å². The number of rotatable bonds is 4. The summed E-state index contributed by atoms with van der Waals surface area (Å²) in [6.45, 7) is 1.93. The third-order valence-electron chi connectivity index (χ3n) is 5.03. The molecule has 1 saturated carbocycles. The zero-order valence-corrected chi connectivity index (χ0v) is 13.0. The highest BCUT2D eigenvalue weighted by Gasteiger charge is 2.25. The maximum Gasteiger partial charge on any atom is 0.222 e. The van der Waals surface area contributed by atoms with Gasteiger partial charge in [0.2, 0.25) is 5.91 Å². The van der Waals surface area contributed by atoms with Crippen LogP contribution in [0, 0.1) is 5.92 Å². The van der Waals surface area contributed by atoms with Crippen LogP contribution in [0.1, 0.15) is 62.2 Å². The first-order valence-electron chi connectivity index (χ1n) is 8.14. The summed E-state index contributed by atoms with van der Waals surface area (Å²) < 4.78 is 0. The van der Waals surface area contributed by atoms with E-state index in [1.807, 2.05) is 11.3 Å². The fourth-order valence-electron chi connectivity index (χ4n) is 3.72. The van der Waals surface area contributed by atoms with Gasteiger partial charge in [-0.25, -0.2) is 0 Å². The number of nitrogens with zero attached hydrogens (tertiary/aromatic N) is 1. The standard InChI is InChI=1S/C17H25NOS/c19-17(8-7-14-4-1-2-5-14)18-11-9-15(10-12-18)16-6-3-13-20-16/h3,6,13-15H,1-2,4-5,7-12H2. The van der Waals surface area contributed by atoms with Crippen LogP contribution in [0.15, 0.2) is 17.5 Å². The summed E-state index contributed by atoms with van der Waals surface area (Å²) in [6, 6.07) is 4.38. The summed E-state index contributed by atoms with van der Waals surface area (Å²) in [5.41, 5.74) is 0. The van der Waals surface area contributed by atoms with Gasteiger partial charge < -0.3 is 4.90 Å². The second-order valence-corrected chi connectivity index (χ2v) is 7.34. The van der Waals surface area contributed by atoms with Crippen molar-refractivity contribution in [1.29, 1.82) is 0 Å². The van der Waals surface area contributed by atoms with Gasteiger partial charge in [-0.1, -0.05) is 31.7 Å². The molecule has 2 nitrogen and oxygen atoms in total. The monoisotopic (exact) mass is 291 g/mol. The highest BCUT2D eigenvalue weighted by Crippen LogP contribution is 2.32. The molecular weight excluding hydrogens is 266 g/mol. The minimum Gasteiger partial charge on any atom is -0.343 e. The number of likely N-dealkylation sites (tertiary alicyclic amines) is 1. The molecular formula is C17H25NOS. The maximum absolute atomic E-state index is 12.3. The molecule has 0 aromatic carbocycles. The third-order valence-corrected chi connectivity index (χ3v) is 6.07. The van der Waals surface area contributed by atoms with E-state index in [0.717, 1.165) is 44.7 Å². The van der Waals surface area contributed by atoms with Gasteiger partial charge in [-0.3, -0.25) is 4.79 Å². The minimum atomic E-state index is 0.404. The predicted octanol–water partition coefficient (Wildman–Crippen LogP) is 4.42. The molecule has 0 radical (unpaired) electrons. The van der Waals surface area contributed by atoms with Crippen molar-refractivity contribution in [2.24, 2.45) is 5.92 Å². The Hall–Kier alpha value is -0.830. The van der Waals surface area contributed by atoms with E-state index in [1.165, 1.54) is 30.6 Å². The molecule has 1 saturated heterocycles. The molecule has 3 heteroatoms. The number of amides is 1. The first-order chi connectivity index (χ1) is 9.83. The zero-order chi connectivity index (χ0) is 13.8. The van der Waals surface area contributed by atoms with Crippen LogP contribution in [-0.4, -0.2) is 23.9 Å². The summed E-state index contributed by atoms with van der Waals surface area (Å²) in [7, 11) is 0. The number of piperidine rings is 1. The molecule has 3 rings (SSSR count). The van der Waals surface area contributed by atoms with Gasteiger partial charge in [-0.2, -0.15) is 0 Å². The summed E-state index contributed by atoms with van der Waals surface area (Å²) >= 11 is 1.86. The highest BCUT2D eigenvalue weighted by atomic mass is 32.1. The Morgan fingerprint density at radius 3 is 2.60 bits per heavy atom. The van der Waals surface area contributed by atoms with Crippen molar-refractivity contribution >= 4 is 17.2 Å². The van der Waals surface area contributed by atoms with Gasteiger partial charge >= 0.3 is 0 Å². The van der Waals surface area contributed by atoms with E-state index in [1.54, 1.807) is 0 Å². The average molecular weight is 291 g/mol. The smallest absolute Gasteiger partial charge is 0.222 e. The Morgan fingerprint density at radius 1 is 1.20 bits per heavy atom. The van der Waals surface area contributed by atoms with Crippen molar-refractivity contribution in [2.45, 2.75) is 57.3 Å². The van der Waals surface area contributed by atoms with Crippen LogP contribution in [0.25, 0.3) is 0 Å². The van der Waals surface area contributed by atoms with E-state index in [2.05, 4.69) is 22.4 Å². The van der Waals surface area contributed by atoms with Crippen molar-refractivity contribution in [3.8, 4) is 0 Å². The quantitative estimate of drug-likeness (QED) is 0.804. The maximum atomic E-state index is 12.3. The summed E-state index contributed by atoms with van der Waals surface area (Å²) in [5, 5.41) is 2.16. The van der Waals surface area contributed by atoms with E-state index in [9.17, 15) is 4.79 Å². The van der Waals surface area contributed by atoms with E-state index in [4.69, 9.17) is 0 Å². The Bertz CT molecular complexity index is 414. The number of carbonyl (C=O) groups is 1. The highest BCUT2D eigenvalue weighted by molar-refractivity contribution is 7.10. The molecule has 2 aliphatic rings. The first kappa shape index (κ1) is 14.1. The SMILES string of the molecule is O=C(CCC1CCCC1)N1CCC(c2cccs2)CC1. The fourth-order valence-corrected chi connectivity index (χ4v) is 4.62. The minimum absolute atomic E-state index is 0.404. The molecule has 1 aliphatic heterocycles. The molecule has 0 unspecified atom stereocenters. The number of hydrogen-bond acceptors (Lipinski definition) is 2. The van der Waals surface area contributed by atoms with Gasteiger partial charge in [0.1, 0.15) is 0 Å². The van der Waals surface area contributed by atoms with Crippen LogP contribution in [0.5, 0.6) is 0 Å². The lowest BCUT2D eigenvalue weighted by atomic mass is 9.94. The predicted molar refractivity (Wildman–Crippen MR) is 84.1 cm³/mol. The lowest BCUT2D eigenvalue weighted by Gasteiger charge is -2.32. The molecule has 0 bridgehead atoms. The number of carbonyl (C=O) groups excluding carboxylic acids is 1. The van der Waals surface area contributed by atoms with Crippen LogP contribution in [-0.2, 0) is 4.79 Å². The van der Waals surface area contributed by atoms with Crippen molar-refractivity contribution < 1.29 is 4.79 Å². The van der Waals surface area contributed by atoms with Crippen LogP contribution >= 0.6 is 11.3 Å². The van der Waals surface area contributed by atoms with Crippen LogP contribution in [0.2, 0.25) is 0 Å². The lowest BCUT2D eigenvalue weighted by Crippen LogP contribution is -2.37. The number of thiophene rings is 1. The van der Waals surface area contributed by atoms with E-state index in [-0.39, 0.29) is 0 Å². The van der Waals surface area contributed by atoms with Crippen molar-refractivity contribution in [2.75, 3.05) is 13.1 Å². The Kier molecular flexibility index (Phi) is 4.77. The second-order valence-electron chi connectivity index (χ2n) is 6.36. The largest absolute Gasteiger partial charge is 0.343 e. The molecule has 0 N–H and O–H groups in total. The van der Waals surface area contributed by atoms with Gasteiger partial charge in [0, 0.05) is 24.4 Å². The van der Waals surface area contributed by atoms with Gasteiger partial charge in [0.15, 0.2) is 0 Å². The molecule has 20 heavy (non-hydrogen) atoms. The van der Waals surface area contributed by atoms with Gasteiger partial charge in [0.25, 0.3) is 0 Å². The average Bonchev–Trinajstić information content (AvgIpc) is 3.18. The summed E-state index contributed by atoms with van der Waals surface area (Å²) in [6.07, 6.45) is 9.68. The Balaban J connectivity index is 1.42. The molecule has 2 fully saturated rings. The van der Waals surface area contributed by atoms with E-state index in [0.29, 0.717) is 11.8 Å². The molecule has 0 atom stereocenters. The Labute approximate surface area is 126 Å². The third kappa shape index (κ3) is 3.43. The van der Waals surface area contributed by atoms with Crippen molar-refractivity contribution in [3.63, 3.8) is 0 Å². The molecule has 2 heterocycles. The van der Waals surface area contributed by atoms with Crippen LogP contribution < -0.4 is 0 Å². The molecule has 1 aromatic rings. The number of hydrogen-bond donors (Lipinski definition) is 0. The molecule has 1 amide bonds. The van der Waals surface area contributed by atoms with Crippen LogP contribution in [0.4, 0.5) is 0 Å². The Morgan fingerprint density at radius 2 is 1.95 bits per heavy atom. The summed E-state index contributed by atoms with van der Waals surface area (Å²) in [5.74, 6) is 1.93. The second kappa shape index (κ2) is 6.75.